The third-order valence-electron chi connectivity index (χ3n) is 2.87. The molecule has 0 bridgehead atoms. The van der Waals surface area contributed by atoms with Crippen molar-refractivity contribution < 1.29 is 9.47 Å². The minimum Gasteiger partial charge on any atom is -0.497 e. The molecule has 1 N–H and O–H groups in total. The zero-order valence-corrected chi connectivity index (χ0v) is 14.0. The summed E-state index contributed by atoms with van der Waals surface area (Å²) in [5.74, 6) is 2.05. The summed E-state index contributed by atoms with van der Waals surface area (Å²) >= 11 is 3.47. The number of methoxy groups -OCH3 is 1. The van der Waals surface area contributed by atoms with Crippen molar-refractivity contribution in [3.05, 3.63) is 46.6 Å². The molecule has 112 valence electrons. The Morgan fingerprint density at radius 1 is 1.24 bits per heavy atom. The molecule has 5 heteroatoms. The Kier molecular flexibility index (Phi) is 5.59. The molecule has 0 amide bonds. The highest BCUT2D eigenvalue weighted by atomic mass is 79.9. The molecule has 0 radical (unpaired) electrons. The molecule has 21 heavy (non-hydrogen) atoms. The normalized spacial score (nSPS) is 10.7. The number of halogens is 1. The van der Waals surface area contributed by atoms with Crippen molar-refractivity contribution in [2.45, 2.75) is 26.4 Å². The van der Waals surface area contributed by atoms with E-state index in [1.807, 2.05) is 30.3 Å². The molecule has 1 aromatic carbocycles. The van der Waals surface area contributed by atoms with Crippen molar-refractivity contribution in [1.29, 1.82) is 0 Å². The minimum atomic E-state index is 0.443. The van der Waals surface area contributed by atoms with Gasteiger partial charge in [-0.1, -0.05) is 13.8 Å². The Morgan fingerprint density at radius 3 is 2.71 bits per heavy atom. The molecule has 0 aliphatic heterocycles. The summed E-state index contributed by atoms with van der Waals surface area (Å²) in [4.78, 5) is 4.24. The van der Waals surface area contributed by atoms with Gasteiger partial charge in [0.1, 0.15) is 11.5 Å². The molecule has 0 saturated carbocycles. The number of benzene rings is 1. The second kappa shape index (κ2) is 7.43. The van der Waals surface area contributed by atoms with E-state index in [0.29, 0.717) is 17.7 Å². The van der Waals surface area contributed by atoms with Gasteiger partial charge in [0.05, 0.1) is 11.6 Å². The standard InChI is InChI=1S/C16H19BrN2O2/c1-11(2)19-10-12-6-7-18-16(8-12)21-15-5-4-13(20-3)9-14(15)17/h4-9,11,19H,10H2,1-3H3. The summed E-state index contributed by atoms with van der Waals surface area (Å²) in [5, 5.41) is 3.37. The highest BCUT2D eigenvalue weighted by Gasteiger charge is 2.06. The minimum absolute atomic E-state index is 0.443. The summed E-state index contributed by atoms with van der Waals surface area (Å²) in [6, 6.07) is 9.92. The van der Waals surface area contributed by atoms with E-state index >= 15 is 0 Å². The second-order valence-corrected chi connectivity index (χ2v) is 5.79. The number of ether oxygens (including phenoxy) is 2. The fraction of sp³-hybridized carbons (Fsp3) is 0.312. The predicted molar refractivity (Wildman–Crippen MR) is 87.0 cm³/mol. The molecule has 4 nitrogen and oxygen atoms in total. The number of hydrogen-bond donors (Lipinski definition) is 1. The third-order valence-corrected chi connectivity index (χ3v) is 3.49. The topological polar surface area (TPSA) is 43.4 Å². The van der Waals surface area contributed by atoms with Crippen LogP contribution in [0, 0.1) is 0 Å². The largest absolute Gasteiger partial charge is 0.497 e. The molecule has 1 heterocycles. The van der Waals surface area contributed by atoms with E-state index < -0.39 is 0 Å². The lowest BCUT2D eigenvalue weighted by molar-refractivity contribution is 0.411. The van der Waals surface area contributed by atoms with Crippen LogP contribution in [0.1, 0.15) is 19.4 Å². The van der Waals surface area contributed by atoms with Gasteiger partial charge in [0, 0.05) is 24.8 Å². The maximum atomic E-state index is 5.81. The number of aromatic nitrogens is 1. The lowest BCUT2D eigenvalue weighted by Gasteiger charge is -2.11. The monoisotopic (exact) mass is 350 g/mol. The number of nitrogens with one attached hydrogen (secondary N) is 1. The van der Waals surface area contributed by atoms with E-state index in [2.05, 4.69) is 40.1 Å². The average molecular weight is 351 g/mol. The summed E-state index contributed by atoms with van der Waals surface area (Å²) < 4.78 is 11.8. The van der Waals surface area contributed by atoms with Crippen LogP contribution in [0.3, 0.4) is 0 Å². The first-order chi connectivity index (χ1) is 10.1. The molecule has 2 rings (SSSR count). The lowest BCUT2D eigenvalue weighted by Crippen LogP contribution is -2.21. The van der Waals surface area contributed by atoms with E-state index in [-0.39, 0.29) is 0 Å². The Hall–Kier alpha value is -1.59. The van der Waals surface area contributed by atoms with Gasteiger partial charge in [-0.05, 0) is 45.8 Å². The van der Waals surface area contributed by atoms with Crippen LogP contribution >= 0.6 is 15.9 Å². The van der Waals surface area contributed by atoms with Gasteiger partial charge in [0.2, 0.25) is 5.88 Å². The van der Waals surface area contributed by atoms with Crippen molar-refractivity contribution in [2.24, 2.45) is 0 Å². The SMILES string of the molecule is COc1ccc(Oc2cc(CNC(C)C)ccn2)c(Br)c1. The highest BCUT2D eigenvalue weighted by Crippen LogP contribution is 2.32. The molecule has 1 aromatic heterocycles. The van der Waals surface area contributed by atoms with Crippen molar-refractivity contribution in [2.75, 3.05) is 7.11 Å². The van der Waals surface area contributed by atoms with Crippen LogP contribution in [0.5, 0.6) is 17.4 Å². The highest BCUT2D eigenvalue weighted by molar-refractivity contribution is 9.10. The molecule has 0 aliphatic rings. The third kappa shape index (κ3) is 4.72. The number of hydrogen-bond acceptors (Lipinski definition) is 4. The van der Waals surface area contributed by atoms with Crippen LogP contribution in [-0.2, 0) is 6.54 Å². The summed E-state index contributed by atoms with van der Waals surface area (Å²) in [5.41, 5.74) is 1.14. The second-order valence-electron chi connectivity index (χ2n) is 4.94. The fourth-order valence-electron chi connectivity index (χ4n) is 1.74. The first kappa shape index (κ1) is 15.8. The van der Waals surface area contributed by atoms with E-state index in [0.717, 1.165) is 22.3 Å². The van der Waals surface area contributed by atoms with Crippen LogP contribution < -0.4 is 14.8 Å². The first-order valence-corrected chi connectivity index (χ1v) is 7.57. The summed E-state index contributed by atoms with van der Waals surface area (Å²) in [6.07, 6.45) is 1.75. The Balaban J connectivity index is 2.10. The zero-order valence-electron chi connectivity index (χ0n) is 12.4. The van der Waals surface area contributed by atoms with Crippen LogP contribution in [0.15, 0.2) is 41.0 Å². The quantitative estimate of drug-likeness (QED) is 0.849. The van der Waals surface area contributed by atoms with Gasteiger partial charge in [0.15, 0.2) is 0 Å². The zero-order chi connectivity index (χ0) is 15.2. The number of rotatable bonds is 6. The van der Waals surface area contributed by atoms with Gasteiger partial charge in [0.25, 0.3) is 0 Å². The van der Waals surface area contributed by atoms with Gasteiger partial charge < -0.3 is 14.8 Å². The fourth-order valence-corrected chi connectivity index (χ4v) is 2.18. The van der Waals surface area contributed by atoms with Crippen molar-refractivity contribution >= 4 is 15.9 Å². The van der Waals surface area contributed by atoms with Crippen LogP contribution in [0.4, 0.5) is 0 Å². The molecule has 0 fully saturated rings. The Bertz CT molecular complexity index is 603. The summed E-state index contributed by atoms with van der Waals surface area (Å²) in [6.45, 7) is 5.03. The number of pyridine rings is 1. The van der Waals surface area contributed by atoms with Crippen LogP contribution in [0.2, 0.25) is 0 Å². The van der Waals surface area contributed by atoms with E-state index in [9.17, 15) is 0 Å². The van der Waals surface area contributed by atoms with E-state index in [1.165, 1.54) is 0 Å². The van der Waals surface area contributed by atoms with Gasteiger partial charge >= 0.3 is 0 Å². The average Bonchev–Trinajstić information content (AvgIpc) is 2.47. The maximum absolute atomic E-state index is 5.81. The molecule has 0 spiro atoms. The predicted octanol–water partition coefficient (Wildman–Crippen LogP) is 4.14. The van der Waals surface area contributed by atoms with Crippen LogP contribution in [-0.4, -0.2) is 18.1 Å². The molecule has 0 aliphatic carbocycles. The van der Waals surface area contributed by atoms with Gasteiger partial charge in [-0.2, -0.15) is 0 Å². The molecule has 0 unspecified atom stereocenters. The lowest BCUT2D eigenvalue weighted by atomic mass is 10.2. The van der Waals surface area contributed by atoms with E-state index in [1.54, 1.807) is 13.3 Å². The Morgan fingerprint density at radius 2 is 2.05 bits per heavy atom. The van der Waals surface area contributed by atoms with Gasteiger partial charge in [-0.25, -0.2) is 4.98 Å². The van der Waals surface area contributed by atoms with E-state index in [4.69, 9.17) is 9.47 Å². The molecular formula is C16H19BrN2O2. The van der Waals surface area contributed by atoms with Crippen molar-refractivity contribution in [1.82, 2.24) is 10.3 Å². The molecule has 0 atom stereocenters. The van der Waals surface area contributed by atoms with Crippen molar-refractivity contribution in [3.8, 4) is 17.4 Å². The summed E-state index contributed by atoms with van der Waals surface area (Å²) in [7, 11) is 1.63. The number of nitrogens with zero attached hydrogens (tertiary/aromatic N) is 1. The molecular weight excluding hydrogens is 332 g/mol. The van der Waals surface area contributed by atoms with Gasteiger partial charge in [-0.3, -0.25) is 0 Å². The Labute approximate surface area is 133 Å². The smallest absolute Gasteiger partial charge is 0.219 e. The molecule has 0 saturated heterocycles. The maximum Gasteiger partial charge on any atom is 0.219 e. The first-order valence-electron chi connectivity index (χ1n) is 6.78. The molecule has 2 aromatic rings. The van der Waals surface area contributed by atoms with Crippen molar-refractivity contribution in [3.63, 3.8) is 0 Å². The van der Waals surface area contributed by atoms with Crippen LogP contribution in [0.25, 0.3) is 0 Å². The van der Waals surface area contributed by atoms with Gasteiger partial charge in [-0.15, -0.1) is 0 Å².